The Labute approximate surface area is 139 Å². The lowest BCUT2D eigenvalue weighted by atomic mass is 10.3. The summed E-state index contributed by atoms with van der Waals surface area (Å²) in [7, 11) is -4.72. The summed E-state index contributed by atoms with van der Waals surface area (Å²) >= 11 is 4.04. The zero-order valence-electron chi connectivity index (χ0n) is 11.2. The van der Waals surface area contributed by atoms with Crippen molar-refractivity contribution in [3.8, 4) is 0 Å². The Morgan fingerprint density at radius 3 is 2.86 bits per heavy atom. The molecule has 0 aliphatic rings. The Hall–Kier alpha value is -1.30. The summed E-state index contributed by atoms with van der Waals surface area (Å²) < 4.78 is 34.7. The Morgan fingerprint density at radius 2 is 2.27 bits per heavy atom. The molecule has 3 N–H and O–H groups in total. The van der Waals surface area contributed by atoms with Crippen LogP contribution in [0.4, 0.5) is 21.3 Å². The van der Waals surface area contributed by atoms with Crippen LogP contribution in [-0.4, -0.2) is 36.1 Å². The van der Waals surface area contributed by atoms with E-state index in [-0.39, 0.29) is 22.8 Å². The molecular formula is C11H12BrFN4O3S2. The number of aliphatic hydroxyl groups is 1. The number of hydrogen-bond acceptors (Lipinski definition) is 8. The fourth-order valence-corrected chi connectivity index (χ4v) is 3.19. The zero-order chi connectivity index (χ0) is 16.3. The van der Waals surface area contributed by atoms with E-state index in [1.54, 1.807) is 6.92 Å². The maximum atomic E-state index is 12.9. The second kappa shape index (κ2) is 6.86. The predicted octanol–water partition coefficient (Wildman–Crippen LogP) is 2.50. The number of hydrogen-bond donors (Lipinski definition) is 3. The standard InChI is InChI=1S/C11H12BrFN4O3S2/c1-6(4-18)15-10-8(12)3-14-11(17-10)16-7-2-9(21-5-7)22(13,19)20/h2-3,5-6,18H,4H2,1H3,(H2,14,15,16,17). The average molecular weight is 411 g/mol. The third-order valence-corrected chi connectivity index (χ3v) is 5.26. The van der Waals surface area contributed by atoms with E-state index in [4.69, 9.17) is 5.11 Å². The highest BCUT2D eigenvalue weighted by molar-refractivity contribution is 9.10. The third kappa shape index (κ3) is 4.35. The first-order valence-corrected chi connectivity index (χ1v) is 9.05. The van der Waals surface area contributed by atoms with Crippen molar-refractivity contribution in [1.29, 1.82) is 0 Å². The van der Waals surface area contributed by atoms with E-state index < -0.39 is 10.2 Å². The minimum atomic E-state index is -4.72. The topological polar surface area (TPSA) is 104 Å². The number of anilines is 3. The second-order valence-electron chi connectivity index (χ2n) is 4.34. The van der Waals surface area contributed by atoms with Gasteiger partial charge in [0.1, 0.15) is 5.82 Å². The minimum absolute atomic E-state index is 0.0680. The number of aliphatic hydroxyl groups excluding tert-OH is 1. The summed E-state index contributed by atoms with van der Waals surface area (Å²) in [4.78, 5) is 8.23. The maximum Gasteiger partial charge on any atom is 0.341 e. The molecule has 0 aliphatic heterocycles. The van der Waals surface area contributed by atoms with Gasteiger partial charge in [0.15, 0.2) is 4.21 Å². The van der Waals surface area contributed by atoms with Crippen molar-refractivity contribution in [3.05, 3.63) is 22.1 Å². The van der Waals surface area contributed by atoms with Crippen molar-refractivity contribution in [3.63, 3.8) is 0 Å². The highest BCUT2D eigenvalue weighted by Crippen LogP contribution is 2.28. The van der Waals surface area contributed by atoms with Crippen molar-refractivity contribution < 1.29 is 17.4 Å². The molecule has 2 heterocycles. The van der Waals surface area contributed by atoms with Crippen LogP contribution in [0.3, 0.4) is 0 Å². The van der Waals surface area contributed by atoms with Gasteiger partial charge in [-0.15, -0.1) is 11.3 Å². The van der Waals surface area contributed by atoms with Gasteiger partial charge < -0.3 is 15.7 Å². The molecule has 2 aromatic rings. The first-order chi connectivity index (χ1) is 10.3. The predicted molar refractivity (Wildman–Crippen MR) is 85.8 cm³/mol. The van der Waals surface area contributed by atoms with Crippen LogP contribution in [-0.2, 0) is 10.2 Å². The quantitative estimate of drug-likeness (QED) is 0.628. The van der Waals surface area contributed by atoms with Crippen molar-refractivity contribution in [2.24, 2.45) is 0 Å². The number of aromatic nitrogens is 2. The van der Waals surface area contributed by atoms with Gasteiger partial charge in [-0.05, 0) is 28.9 Å². The van der Waals surface area contributed by atoms with Gasteiger partial charge in [0.05, 0.1) is 16.8 Å². The first kappa shape index (κ1) is 17.1. The van der Waals surface area contributed by atoms with E-state index in [0.29, 0.717) is 16.0 Å². The summed E-state index contributed by atoms with van der Waals surface area (Å²) in [6, 6.07) is 0.956. The summed E-state index contributed by atoms with van der Waals surface area (Å²) in [5.74, 6) is 0.670. The van der Waals surface area contributed by atoms with Gasteiger partial charge in [0.2, 0.25) is 5.95 Å². The molecule has 1 atom stereocenters. The van der Waals surface area contributed by atoms with Crippen molar-refractivity contribution in [2.45, 2.75) is 17.2 Å². The Kier molecular flexibility index (Phi) is 5.32. The number of nitrogens with one attached hydrogen (secondary N) is 2. The first-order valence-electron chi connectivity index (χ1n) is 5.99. The summed E-state index contributed by atoms with van der Waals surface area (Å²) in [5, 5.41) is 16.3. The maximum absolute atomic E-state index is 12.9. The van der Waals surface area contributed by atoms with E-state index >= 15 is 0 Å². The molecule has 22 heavy (non-hydrogen) atoms. The highest BCUT2D eigenvalue weighted by Gasteiger charge is 2.15. The molecular weight excluding hydrogens is 399 g/mol. The van der Waals surface area contributed by atoms with Gasteiger partial charge in [-0.3, -0.25) is 0 Å². The fraction of sp³-hybridized carbons (Fsp3) is 0.273. The molecule has 0 radical (unpaired) electrons. The number of rotatable bonds is 6. The van der Waals surface area contributed by atoms with Crippen molar-refractivity contribution in [2.75, 3.05) is 17.2 Å². The molecule has 0 aliphatic carbocycles. The van der Waals surface area contributed by atoms with Crippen LogP contribution in [0.15, 0.2) is 26.3 Å². The van der Waals surface area contributed by atoms with Crippen LogP contribution in [0.2, 0.25) is 0 Å². The minimum Gasteiger partial charge on any atom is -0.394 e. The molecule has 0 saturated heterocycles. The largest absolute Gasteiger partial charge is 0.394 e. The monoisotopic (exact) mass is 410 g/mol. The normalized spacial score (nSPS) is 12.9. The molecule has 0 aromatic carbocycles. The fourth-order valence-electron chi connectivity index (χ4n) is 1.45. The van der Waals surface area contributed by atoms with Gasteiger partial charge in [-0.2, -0.15) is 13.4 Å². The lowest BCUT2D eigenvalue weighted by Gasteiger charge is -2.13. The van der Waals surface area contributed by atoms with Crippen LogP contribution in [0.5, 0.6) is 0 Å². The van der Waals surface area contributed by atoms with E-state index in [9.17, 15) is 12.3 Å². The molecule has 2 rings (SSSR count). The number of halogens is 2. The number of thiophene rings is 1. The molecule has 0 amide bonds. The molecule has 0 bridgehead atoms. The van der Waals surface area contributed by atoms with Crippen LogP contribution in [0.25, 0.3) is 0 Å². The summed E-state index contributed by atoms with van der Waals surface area (Å²) in [6.45, 7) is 1.71. The molecule has 120 valence electrons. The van der Waals surface area contributed by atoms with Gasteiger partial charge in [0.25, 0.3) is 0 Å². The Morgan fingerprint density at radius 1 is 1.55 bits per heavy atom. The van der Waals surface area contributed by atoms with Crippen LogP contribution in [0.1, 0.15) is 6.92 Å². The second-order valence-corrected chi connectivity index (χ2v) is 7.67. The van der Waals surface area contributed by atoms with E-state index in [1.165, 1.54) is 11.6 Å². The lowest BCUT2D eigenvalue weighted by Crippen LogP contribution is -2.20. The zero-order valence-corrected chi connectivity index (χ0v) is 14.5. The summed E-state index contributed by atoms with van der Waals surface area (Å²) in [6.07, 6.45) is 1.50. The molecule has 1 unspecified atom stereocenters. The molecule has 2 aromatic heterocycles. The molecule has 0 spiro atoms. The Bertz CT molecular complexity index is 768. The highest BCUT2D eigenvalue weighted by atomic mass is 79.9. The Balaban J connectivity index is 2.19. The van der Waals surface area contributed by atoms with Crippen molar-refractivity contribution >= 4 is 54.9 Å². The lowest BCUT2D eigenvalue weighted by molar-refractivity contribution is 0.281. The van der Waals surface area contributed by atoms with Crippen molar-refractivity contribution in [1.82, 2.24) is 9.97 Å². The van der Waals surface area contributed by atoms with Gasteiger partial charge in [-0.1, -0.05) is 3.89 Å². The molecule has 0 saturated carbocycles. The smallest absolute Gasteiger partial charge is 0.341 e. The van der Waals surface area contributed by atoms with E-state index in [2.05, 4.69) is 36.5 Å². The van der Waals surface area contributed by atoms with E-state index in [0.717, 1.165) is 17.4 Å². The van der Waals surface area contributed by atoms with Crippen LogP contribution < -0.4 is 10.6 Å². The van der Waals surface area contributed by atoms with Crippen LogP contribution in [0, 0.1) is 0 Å². The van der Waals surface area contributed by atoms with Gasteiger partial charge >= 0.3 is 10.2 Å². The van der Waals surface area contributed by atoms with Gasteiger partial charge in [0, 0.05) is 17.6 Å². The molecule has 7 nitrogen and oxygen atoms in total. The third-order valence-electron chi connectivity index (χ3n) is 2.47. The van der Waals surface area contributed by atoms with Crippen LogP contribution >= 0.6 is 27.3 Å². The SMILES string of the molecule is CC(CO)Nc1nc(Nc2csc(S(=O)(=O)F)c2)ncc1Br. The van der Waals surface area contributed by atoms with Gasteiger partial charge in [-0.25, -0.2) is 4.98 Å². The summed E-state index contributed by atoms with van der Waals surface area (Å²) in [5.41, 5.74) is 0.365. The molecule has 0 fully saturated rings. The number of nitrogens with zero attached hydrogens (tertiary/aromatic N) is 2. The average Bonchev–Trinajstić information content (AvgIpc) is 2.91. The molecule has 11 heteroatoms. The van der Waals surface area contributed by atoms with E-state index in [1.807, 2.05) is 0 Å².